The number of nitrogens with two attached hydrogens (primary N) is 1. The van der Waals surface area contributed by atoms with Gasteiger partial charge in [0.15, 0.2) is 0 Å². The predicted molar refractivity (Wildman–Crippen MR) is 108 cm³/mol. The van der Waals surface area contributed by atoms with Crippen LogP contribution < -0.4 is 16.7 Å². The minimum Gasteiger partial charge on any atom is -0.398 e. The first-order valence-corrected chi connectivity index (χ1v) is 9.82. The molecule has 2 heterocycles. The van der Waals surface area contributed by atoms with Crippen molar-refractivity contribution in [2.24, 2.45) is 0 Å². The van der Waals surface area contributed by atoms with E-state index in [1.54, 1.807) is 7.05 Å². The van der Waals surface area contributed by atoms with Crippen molar-refractivity contribution < 1.29 is 0 Å². The number of benzene rings is 1. The van der Waals surface area contributed by atoms with Gasteiger partial charge in [-0.2, -0.15) is 4.98 Å². The average Bonchev–Trinajstić information content (AvgIpc) is 2.60. The molecular formula is C18H21BrClN5O. The first-order valence-electron chi connectivity index (χ1n) is 8.65. The lowest BCUT2D eigenvalue weighted by molar-refractivity contribution is 0.0724. The molecule has 1 atom stereocenters. The van der Waals surface area contributed by atoms with E-state index in [2.05, 4.69) is 43.2 Å². The van der Waals surface area contributed by atoms with Crippen LogP contribution >= 0.6 is 27.5 Å². The van der Waals surface area contributed by atoms with Gasteiger partial charge < -0.3 is 16.0 Å². The lowest BCUT2D eigenvalue weighted by Gasteiger charge is -2.50. The van der Waals surface area contributed by atoms with Gasteiger partial charge in [-0.25, -0.2) is 4.79 Å². The maximum absolute atomic E-state index is 12.0. The zero-order valence-electron chi connectivity index (χ0n) is 14.7. The Morgan fingerprint density at radius 3 is 2.96 bits per heavy atom. The molecule has 2 aliphatic rings. The van der Waals surface area contributed by atoms with Crippen LogP contribution in [0.2, 0.25) is 5.02 Å². The van der Waals surface area contributed by atoms with Crippen LogP contribution in [0.5, 0.6) is 0 Å². The molecule has 2 aromatic rings. The van der Waals surface area contributed by atoms with Crippen LogP contribution in [0.1, 0.15) is 35.2 Å². The lowest BCUT2D eigenvalue weighted by atomic mass is 9.70. The number of nitrogens with zero attached hydrogens (tertiary/aromatic N) is 2. The second-order valence-corrected chi connectivity index (χ2v) is 8.33. The van der Waals surface area contributed by atoms with Gasteiger partial charge in [0.05, 0.1) is 5.54 Å². The van der Waals surface area contributed by atoms with Gasteiger partial charge in [0, 0.05) is 46.5 Å². The van der Waals surface area contributed by atoms with Crippen LogP contribution in [0.3, 0.4) is 0 Å². The number of nitrogen functional groups attached to an aromatic ring is 1. The highest BCUT2D eigenvalue weighted by molar-refractivity contribution is 9.10. The summed E-state index contributed by atoms with van der Waals surface area (Å²) in [4.78, 5) is 21.4. The molecule has 1 spiro atoms. The molecule has 0 bridgehead atoms. The molecule has 4 N–H and O–H groups in total. The molecule has 1 aliphatic heterocycles. The number of rotatable bonds is 1. The fourth-order valence-electron chi connectivity index (χ4n) is 4.54. The van der Waals surface area contributed by atoms with Crippen molar-refractivity contribution in [2.45, 2.75) is 37.8 Å². The number of hydrogen-bond donors (Lipinski definition) is 3. The molecule has 0 saturated carbocycles. The van der Waals surface area contributed by atoms with E-state index in [1.807, 2.05) is 6.07 Å². The van der Waals surface area contributed by atoms with Gasteiger partial charge in [0.1, 0.15) is 5.82 Å². The molecule has 0 amide bonds. The number of likely N-dealkylation sites (N-methyl/N-ethyl adjacent to an activating group) is 1. The van der Waals surface area contributed by atoms with Crippen LogP contribution in [0.25, 0.3) is 0 Å². The fraction of sp³-hybridized carbons (Fsp3) is 0.444. The third-order valence-corrected chi connectivity index (χ3v) is 6.97. The summed E-state index contributed by atoms with van der Waals surface area (Å²) in [6.45, 7) is 0.688. The summed E-state index contributed by atoms with van der Waals surface area (Å²) in [6.07, 6.45) is 3.64. The molecule has 8 heteroatoms. The molecule has 1 aromatic carbocycles. The Kier molecular flexibility index (Phi) is 4.28. The van der Waals surface area contributed by atoms with E-state index in [9.17, 15) is 4.79 Å². The molecule has 4 rings (SSSR count). The Balaban J connectivity index is 1.96. The Bertz CT molecular complexity index is 960. The summed E-state index contributed by atoms with van der Waals surface area (Å²) >= 11 is 10.3. The minimum atomic E-state index is -0.325. The van der Waals surface area contributed by atoms with Crippen molar-refractivity contribution in [1.29, 1.82) is 0 Å². The maximum atomic E-state index is 12.0. The van der Waals surface area contributed by atoms with Crippen molar-refractivity contribution in [3.63, 3.8) is 0 Å². The van der Waals surface area contributed by atoms with Gasteiger partial charge in [0.25, 0.3) is 0 Å². The smallest absolute Gasteiger partial charge is 0.347 e. The third kappa shape index (κ3) is 2.48. The van der Waals surface area contributed by atoms with Gasteiger partial charge in [0.2, 0.25) is 0 Å². The fourth-order valence-corrected chi connectivity index (χ4v) is 5.57. The van der Waals surface area contributed by atoms with Crippen molar-refractivity contribution in [3.05, 3.63) is 48.4 Å². The number of aromatic nitrogens is 2. The molecule has 138 valence electrons. The maximum Gasteiger partial charge on any atom is 0.347 e. The first kappa shape index (κ1) is 17.8. The largest absolute Gasteiger partial charge is 0.398 e. The van der Waals surface area contributed by atoms with E-state index in [1.165, 1.54) is 0 Å². The molecular weight excluding hydrogens is 418 g/mol. The van der Waals surface area contributed by atoms with Crippen LogP contribution in [0.15, 0.2) is 15.3 Å². The van der Waals surface area contributed by atoms with Crippen molar-refractivity contribution in [1.82, 2.24) is 14.9 Å². The molecule has 1 unspecified atom stereocenters. The lowest BCUT2D eigenvalue weighted by Crippen LogP contribution is -2.51. The van der Waals surface area contributed by atoms with Gasteiger partial charge in [-0.15, -0.1) is 0 Å². The number of nitrogens with one attached hydrogen (secondary N) is 2. The number of anilines is 2. The molecule has 1 aliphatic carbocycles. The normalized spacial score (nSPS) is 22.2. The first-order chi connectivity index (χ1) is 12.4. The Morgan fingerprint density at radius 2 is 2.23 bits per heavy atom. The molecule has 26 heavy (non-hydrogen) atoms. The Labute approximate surface area is 165 Å². The van der Waals surface area contributed by atoms with Gasteiger partial charge in [-0.1, -0.05) is 11.6 Å². The minimum absolute atomic E-state index is 0.256. The van der Waals surface area contributed by atoms with Crippen molar-refractivity contribution >= 4 is 39.0 Å². The van der Waals surface area contributed by atoms with Crippen molar-refractivity contribution in [3.8, 4) is 0 Å². The second kappa shape index (κ2) is 6.25. The van der Waals surface area contributed by atoms with Crippen LogP contribution in [0.4, 0.5) is 11.5 Å². The van der Waals surface area contributed by atoms with Gasteiger partial charge in [-0.05, 0) is 59.4 Å². The zero-order chi connectivity index (χ0) is 18.6. The summed E-state index contributed by atoms with van der Waals surface area (Å²) in [5, 5.41) is 3.77. The second-order valence-electron chi connectivity index (χ2n) is 7.13. The van der Waals surface area contributed by atoms with E-state index in [-0.39, 0.29) is 11.2 Å². The highest BCUT2D eigenvalue weighted by atomic mass is 79.9. The number of H-pyrrole nitrogens is 1. The van der Waals surface area contributed by atoms with E-state index < -0.39 is 0 Å². The highest BCUT2D eigenvalue weighted by Crippen LogP contribution is 2.51. The monoisotopic (exact) mass is 437 g/mol. The predicted octanol–water partition coefficient (Wildman–Crippen LogP) is 3.03. The van der Waals surface area contributed by atoms with E-state index >= 15 is 0 Å². The van der Waals surface area contributed by atoms with E-state index in [0.29, 0.717) is 24.5 Å². The molecule has 6 nitrogen and oxygen atoms in total. The van der Waals surface area contributed by atoms with Crippen LogP contribution in [-0.4, -0.2) is 29.0 Å². The Hall–Kier alpha value is -1.57. The molecule has 1 aromatic heterocycles. The molecule has 0 fully saturated rings. The Morgan fingerprint density at radius 1 is 1.46 bits per heavy atom. The third-order valence-electron chi connectivity index (χ3n) is 5.78. The summed E-state index contributed by atoms with van der Waals surface area (Å²) < 4.78 is 0.914. The summed E-state index contributed by atoms with van der Waals surface area (Å²) in [5.41, 5.74) is 10.6. The van der Waals surface area contributed by atoms with E-state index in [0.717, 1.165) is 51.1 Å². The zero-order valence-corrected chi connectivity index (χ0v) is 17.1. The quantitative estimate of drug-likeness (QED) is 0.596. The van der Waals surface area contributed by atoms with Crippen LogP contribution in [-0.2, 0) is 24.9 Å². The van der Waals surface area contributed by atoms with Crippen molar-refractivity contribution in [2.75, 3.05) is 25.1 Å². The summed E-state index contributed by atoms with van der Waals surface area (Å²) in [5.74, 6) is 0.645. The standard InChI is InChI=1S/C18H21BrClN5O/c1-22-16-10-8-25(2)18(7-13(10)23-17(26)24-16)5-3-4-9-11(20)6-12(21)15(19)14(9)18/h6H,3-5,7-8,21H2,1-2H3,(H2,22,23,24,26). The van der Waals surface area contributed by atoms with Gasteiger partial charge in [-0.3, -0.25) is 4.90 Å². The number of hydrogen-bond acceptors (Lipinski definition) is 5. The molecule has 0 radical (unpaired) electrons. The number of halogens is 2. The number of aromatic amines is 1. The average molecular weight is 439 g/mol. The topological polar surface area (TPSA) is 87.0 Å². The molecule has 0 saturated heterocycles. The van der Waals surface area contributed by atoms with Gasteiger partial charge >= 0.3 is 5.69 Å². The SMILES string of the molecule is CNc1nc(=O)[nH]c2c1CN(C)C1(CCCc3c(Cl)cc(N)c(Br)c31)C2. The van der Waals surface area contributed by atoms with Crippen LogP contribution in [0, 0.1) is 0 Å². The van der Waals surface area contributed by atoms with E-state index in [4.69, 9.17) is 17.3 Å². The number of fused-ring (bicyclic) bond motifs is 3. The summed E-state index contributed by atoms with van der Waals surface area (Å²) in [6, 6.07) is 1.82. The summed E-state index contributed by atoms with van der Waals surface area (Å²) in [7, 11) is 3.91. The highest BCUT2D eigenvalue weighted by Gasteiger charge is 2.46.